The molecule has 0 spiro atoms. The van der Waals surface area contributed by atoms with Gasteiger partial charge in [0.05, 0.1) is 19.8 Å². The van der Waals surface area contributed by atoms with Crippen LogP contribution in [0.5, 0.6) is 0 Å². The highest BCUT2D eigenvalue weighted by molar-refractivity contribution is 4.45. The first-order chi connectivity index (χ1) is 7.27. The molecule has 0 aliphatic rings. The van der Waals surface area contributed by atoms with Gasteiger partial charge in [0.25, 0.3) is 0 Å². The van der Waals surface area contributed by atoms with Gasteiger partial charge in [-0.25, -0.2) is 0 Å². The summed E-state index contributed by atoms with van der Waals surface area (Å²) in [7, 11) is 4.20. The maximum atomic E-state index is 5.41. The fourth-order valence-corrected chi connectivity index (χ4v) is 1.21. The summed E-state index contributed by atoms with van der Waals surface area (Å²) in [4.78, 5) is 2.21. The average Bonchev–Trinajstić information content (AvgIpc) is 2.20. The van der Waals surface area contributed by atoms with Crippen LogP contribution in [0.2, 0.25) is 0 Å². The van der Waals surface area contributed by atoms with Gasteiger partial charge in [-0.1, -0.05) is 0 Å². The maximum absolute atomic E-state index is 5.41. The van der Waals surface area contributed by atoms with Crippen molar-refractivity contribution in [3.63, 3.8) is 0 Å². The van der Waals surface area contributed by atoms with E-state index in [-0.39, 0.29) is 0 Å². The molecular weight excluding hydrogens is 192 g/mol. The smallest absolute Gasteiger partial charge is 0.0701 e. The lowest BCUT2D eigenvalue weighted by Crippen LogP contribution is -2.13. The van der Waals surface area contributed by atoms with Gasteiger partial charge in [-0.05, 0) is 39.9 Å². The molecule has 0 unspecified atom stereocenters. The molecule has 0 aromatic rings. The van der Waals surface area contributed by atoms with Crippen molar-refractivity contribution in [1.82, 2.24) is 4.90 Å². The first-order valence-corrected chi connectivity index (χ1v) is 5.77. The summed E-state index contributed by atoms with van der Waals surface area (Å²) in [6.45, 7) is 4.58. The van der Waals surface area contributed by atoms with Crippen LogP contribution >= 0.6 is 0 Å². The largest absolute Gasteiger partial charge is 0.379 e. The summed E-state index contributed by atoms with van der Waals surface area (Å²) in [5.41, 5.74) is 5.28. The van der Waals surface area contributed by atoms with E-state index in [1.807, 2.05) is 0 Å². The second kappa shape index (κ2) is 11.9. The molecule has 2 N–H and O–H groups in total. The van der Waals surface area contributed by atoms with Crippen LogP contribution in [0, 0.1) is 0 Å². The Hall–Kier alpha value is -0.160. The Morgan fingerprint density at radius 3 is 2.13 bits per heavy atom. The molecule has 0 aliphatic heterocycles. The average molecular weight is 218 g/mol. The van der Waals surface area contributed by atoms with Gasteiger partial charge < -0.3 is 20.1 Å². The van der Waals surface area contributed by atoms with E-state index in [1.54, 1.807) is 0 Å². The molecule has 4 heteroatoms. The number of nitrogens with zero attached hydrogens (tertiary/aromatic N) is 1. The molecule has 0 fully saturated rings. The van der Waals surface area contributed by atoms with Crippen molar-refractivity contribution < 1.29 is 9.47 Å². The topological polar surface area (TPSA) is 47.7 Å². The summed E-state index contributed by atoms with van der Waals surface area (Å²) in [6.07, 6.45) is 3.63. The molecule has 0 aromatic heterocycles. The molecule has 0 heterocycles. The number of unbranched alkanes of at least 4 members (excludes halogenated alkanes) is 2. The quantitative estimate of drug-likeness (QED) is 0.519. The van der Waals surface area contributed by atoms with Crippen molar-refractivity contribution in [3.8, 4) is 0 Å². The molecule has 0 saturated heterocycles. The Kier molecular flexibility index (Phi) is 11.8. The molecule has 0 saturated carbocycles. The van der Waals surface area contributed by atoms with Crippen molar-refractivity contribution in [1.29, 1.82) is 0 Å². The number of nitrogens with two attached hydrogens (primary N) is 1. The maximum Gasteiger partial charge on any atom is 0.0701 e. The van der Waals surface area contributed by atoms with Gasteiger partial charge in [0.1, 0.15) is 0 Å². The number of ether oxygens (including phenoxy) is 2. The van der Waals surface area contributed by atoms with Gasteiger partial charge in [0.15, 0.2) is 0 Å². The van der Waals surface area contributed by atoms with E-state index in [2.05, 4.69) is 19.0 Å². The van der Waals surface area contributed by atoms with E-state index in [9.17, 15) is 0 Å². The third-order valence-electron chi connectivity index (χ3n) is 2.03. The van der Waals surface area contributed by atoms with Crippen LogP contribution in [-0.4, -0.2) is 58.5 Å². The van der Waals surface area contributed by atoms with Crippen molar-refractivity contribution >= 4 is 0 Å². The number of hydrogen-bond donors (Lipinski definition) is 1. The Morgan fingerprint density at radius 1 is 0.867 bits per heavy atom. The molecule has 0 aliphatic carbocycles. The lowest BCUT2D eigenvalue weighted by molar-refractivity contribution is 0.0491. The summed E-state index contributed by atoms with van der Waals surface area (Å²) in [5, 5.41) is 0. The van der Waals surface area contributed by atoms with Crippen LogP contribution < -0.4 is 5.73 Å². The van der Waals surface area contributed by atoms with Crippen molar-refractivity contribution in [2.75, 3.05) is 53.6 Å². The van der Waals surface area contributed by atoms with Gasteiger partial charge in [0, 0.05) is 13.2 Å². The van der Waals surface area contributed by atoms with Gasteiger partial charge >= 0.3 is 0 Å². The minimum absolute atomic E-state index is 0.588. The highest BCUT2D eigenvalue weighted by atomic mass is 16.5. The van der Waals surface area contributed by atoms with E-state index < -0.39 is 0 Å². The predicted molar refractivity (Wildman–Crippen MR) is 63.1 cm³/mol. The van der Waals surface area contributed by atoms with E-state index in [0.717, 1.165) is 13.0 Å². The zero-order chi connectivity index (χ0) is 11.4. The first kappa shape index (κ1) is 14.8. The van der Waals surface area contributed by atoms with Crippen LogP contribution in [0.4, 0.5) is 0 Å². The van der Waals surface area contributed by atoms with Crippen LogP contribution in [0.25, 0.3) is 0 Å². The third kappa shape index (κ3) is 13.8. The van der Waals surface area contributed by atoms with Crippen LogP contribution in [0.1, 0.15) is 19.3 Å². The normalized spacial score (nSPS) is 11.2. The Labute approximate surface area is 93.7 Å². The van der Waals surface area contributed by atoms with E-state index in [1.165, 1.54) is 19.4 Å². The van der Waals surface area contributed by atoms with Gasteiger partial charge in [-0.15, -0.1) is 0 Å². The second-order valence-electron chi connectivity index (χ2n) is 3.88. The molecule has 0 rings (SSSR count). The van der Waals surface area contributed by atoms with Gasteiger partial charge in [-0.3, -0.25) is 0 Å². The summed E-state index contributed by atoms with van der Waals surface area (Å²) in [5.74, 6) is 0. The SMILES string of the molecule is CN(C)CCCCCOCCOCCN. The minimum Gasteiger partial charge on any atom is -0.379 e. The van der Waals surface area contributed by atoms with Crippen molar-refractivity contribution in [2.24, 2.45) is 5.73 Å². The molecule has 92 valence electrons. The van der Waals surface area contributed by atoms with Crippen LogP contribution in [-0.2, 0) is 9.47 Å². The van der Waals surface area contributed by atoms with Crippen molar-refractivity contribution in [3.05, 3.63) is 0 Å². The summed E-state index contributed by atoms with van der Waals surface area (Å²) in [6, 6.07) is 0. The van der Waals surface area contributed by atoms with E-state index in [4.69, 9.17) is 15.2 Å². The lowest BCUT2D eigenvalue weighted by Gasteiger charge is -2.08. The van der Waals surface area contributed by atoms with Gasteiger partial charge in [-0.2, -0.15) is 0 Å². The van der Waals surface area contributed by atoms with E-state index >= 15 is 0 Å². The molecule has 0 radical (unpaired) electrons. The minimum atomic E-state index is 0.588. The molecule has 0 atom stereocenters. The van der Waals surface area contributed by atoms with E-state index in [0.29, 0.717) is 26.4 Å². The summed E-state index contributed by atoms with van der Waals surface area (Å²) >= 11 is 0. The van der Waals surface area contributed by atoms with Crippen LogP contribution in [0.3, 0.4) is 0 Å². The molecule has 4 nitrogen and oxygen atoms in total. The number of rotatable bonds is 11. The molecule has 0 amide bonds. The Balaban J connectivity index is 2.87. The fraction of sp³-hybridized carbons (Fsp3) is 1.00. The Morgan fingerprint density at radius 2 is 1.53 bits per heavy atom. The molecular formula is C11H26N2O2. The second-order valence-corrected chi connectivity index (χ2v) is 3.88. The highest BCUT2D eigenvalue weighted by Gasteiger charge is 1.92. The Bertz CT molecular complexity index is 121. The standard InChI is InChI=1S/C11H26N2O2/c1-13(2)7-4-3-5-8-14-10-11-15-9-6-12/h3-12H2,1-2H3. The molecule has 0 aromatic carbocycles. The molecule has 0 bridgehead atoms. The first-order valence-electron chi connectivity index (χ1n) is 5.77. The monoisotopic (exact) mass is 218 g/mol. The zero-order valence-electron chi connectivity index (χ0n) is 10.2. The lowest BCUT2D eigenvalue weighted by atomic mass is 10.2. The van der Waals surface area contributed by atoms with Crippen LogP contribution in [0.15, 0.2) is 0 Å². The highest BCUT2D eigenvalue weighted by Crippen LogP contribution is 1.96. The number of hydrogen-bond acceptors (Lipinski definition) is 4. The van der Waals surface area contributed by atoms with Crippen molar-refractivity contribution in [2.45, 2.75) is 19.3 Å². The summed E-state index contributed by atoms with van der Waals surface area (Å²) < 4.78 is 10.6. The fourth-order valence-electron chi connectivity index (χ4n) is 1.21. The third-order valence-corrected chi connectivity index (χ3v) is 2.03. The zero-order valence-corrected chi connectivity index (χ0v) is 10.2. The van der Waals surface area contributed by atoms with Gasteiger partial charge in [0.2, 0.25) is 0 Å². The predicted octanol–water partition coefficient (Wildman–Crippen LogP) is 0.710. The molecule has 15 heavy (non-hydrogen) atoms.